The Hall–Kier alpha value is -2.18. The zero-order chi connectivity index (χ0) is 16.9. The number of nitrogens with one attached hydrogen (secondary N) is 1. The van der Waals surface area contributed by atoms with Gasteiger partial charge in [-0.25, -0.2) is 4.79 Å². The highest BCUT2D eigenvalue weighted by Gasteiger charge is 2.35. The lowest BCUT2D eigenvalue weighted by molar-refractivity contribution is -0.151. The van der Waals surface area contributed by atoms with Gasteiger partial charge in [0.05, 0.1) is 6.04 Å². The maximum atomic E-state index is 12.5. The average molecular weight is 345 g/mol. The molecule has 0 radical (unpaired) electrons. The zero-order valence-corrected chi connectivity index (χ0v) is 13.9. The monoisotopic (exact) mass is 345 g/mol. The molecule has 2 heterocycles. The van der Waals surface area contributed by atoms with Crippen molar-refractivity contribution in [1.29, 1.82) is 0 Å². The van der Waals surface area contributed by atoms with E-state index in [1.165, 1.54) is 0 Å². The van der Waals surface area contributed by atoms with Crippen molar-refractivity contribution in [2.24, 2.45) is 0 Å². The summed E-state index contributed by atoms with van der Waals surface area (Å²) in [5, 5.41) is 14.0. The summed E-state index contributed by atoms with van der Waals surface area (Å²) >= 11 is 1.59. The Labute approximate surface area is 144 Å². The van der Waals surface area contributed by atoms with E-state index in [0.29, 0.717) is 19.3 Å². The van der Waals surface area contributed by atoms with Crippen molar-refractivity contribution < 1.29 is 19.4 Å². The minimum absolute atomic E-state index is 0.146. The minimum Gasteiger partial charge on any atom is -0.479 e. The number of hydrogen-bond donors (Lipinski definition) is 2. The molecule has 1 saturated heterocycles. The van der Waals surface area contributed by atoms with E-state index in [4.69, 9.17) is 9.84 Å². The van der Waals surface area contributed by atoms with Crippen LogP contribution in [-0.2, 0) is 20.7 Å². The van der Waals surface area contributed by atoms with Crippen LogP contribution in [0.3, 0.4) is 0 Å². The molecular formula is C18H19NO4S. The lowest BCUT2D eigenvalue weighted by atomic mass is 10.0. The Morgan fingerprint density at radius 3 is 2.54 bits per heavy atom. The minimum atomic E-state index is -1.01. The van der Waals surface area contributed by atoms with Gasteiger partial charge in [0.1, 0.15) is 6.10 Å². The highest BCUT2D eigenvalue weighted by Crippen LogP contribution is 2.25. The van der Waals surface area contributed by atoms with Crippen LogP contribution in [0.2, 0.25) is 0 Å². The molecule has 1 aliphatic heterocycles. The largest absolute Gasteiger partial charge is 0.479 e. The van der Waals surface area contributed by atoms with Gasteiger partial charge < -0.3 is 15.2 Å². The third kappa shape index (κ3) is 4.01. The van der Waals surface area contributed by atoms with E-state index in [0.717, 1.165) is 10.4 Å². The second-order valence-corrected chi connectivity index (χ2v) is 6.77. The predicted octanol–water partition coefficient (Wildman–Crippen LogP) is 2.78. The molecule has 1 aromatic heterocycles. The Kier molecular flexibility index (Phi) is 5.27. The van der Waals surface area contributed by atoms with E-state index in [1.54, 1.807) is 11.3 Å². The number of carboxylic acids is 1. The van der Waals surface area contributed by atoms with Gasteiger partial charge in [-0.3, -0.25) is 4.79 Å². The number of rotatable bonds is 6. The summed E-state index contributed by atoms with van der Waals surface area (Å²) in [5.74, 6) is -1.25. The third-order valence-electron chi connectivity index (χ3n) is 4.07. The number of amides is 1. The first-order valence-corrected chi connectivity index (χ1v) is 8.77. The van der Waals surface area contributed by atoms with Crippen molar-refractivity contribution in [3.05, 3.63) is 58.3 Å². The van der Waals surface area contributed by atoms with Gasteiger partial charge >= 0.3 is 5.97 Å². The molecule has 0 bridgehead atoms. The Morgan fingerprint density at radius 2 is 1.92 bits per heavy atom. The van der Waals surface area contributed by atoms with Crippen molar-refractivity contribution in [3.8, 4) is 0 Å². The van der Waals surface area contributed by atoms with Crippen LogP contribution in [0.15, 0.2) is 47.8 Å². The number of carboxylic acid groups (broad SMARTS) is 1. The van der Waals surface area contributed by atoms with Crippen LogP contribution in [-0.4, -0.2) is 29.2 Å². The molecule has 0 spiro atoms. The maximum absolute atomic E-state index is 12.5. The van der Waals surface area contributed by atoms with E-state index < -0.39 is 18.2 Å². The van der Waals surface area contributed by atoms with E-state index >= 15 is 0 Å². The lowest BCUT2D eigenvalue weighted by Crippen LogP contribution is -2.38. The summed E-state index contributed by atoms with van der Waals surface area (Å²) in [4.78, 5) is 24.5. The van der Waals surface area contributed by atoms with Gasteiger partial charge in [0.15, 0.2) is 6.10 Å². The predicted molar refractivity (Wildman–Crippen MR) is 90.9 cm³/mol. The molecule has 1 aromatic carbocycles. The number of carbonyl (C=O) groups is 2. The molecule has 3 atom stereocenters. The molecule has 2 N–H and O–H groups in total. The number of ether oxygens (including phenoxy) is 1. The second kappa shape index (κ2) is 7.59. The third-order valence-corrected chi connectivity index (χ3v) is 5.06. The fourth-order valence-corrected chi connectivity index (χ4v) is 3.62. The van der Waals surface area contributed by atoms with Gasteiger partial charge in [0.2, 0.25) is 5.91 Å². The first kappa shape index (κ1) is 16.7. The Bertz CT molecular complexity index is 686. The molecule has 6 heteroatoms. The number of carbonyl (C=O) groups excluding carboxylic acids is 1. The standard InChI is InChI=1S/C18H19NO4S/c20-17(14-8-9-15(23-14)18(21)22)19-13(16-7-4-10-24-16)11-12-5-2-1-3-6-12/h1-7,10,13-15H,8-9,11H2,(H,19,20)(H,21,22)/t13?,14-,15+/m0/s1. The first-order valence-electron chi connectivity index (χ1n) is 7.89. The average Bonchev–Trinajstić information content (AvgIpc) is 3.27. The summed E-state index contributed by atoms with van der Waals surface area (Å²) in [7, 11) is 0. The Morgan fingerprint density at radius 1 is 1.17 bits per heavy atom. The van der Waals surface area contributed by atoms with Crippen molar-refractivity contribution in [2.75, 3.05) is 0 Å². The van der Waals surface area contributed by atoms with Gasteiger partial charge in [-0.1, -0.05) is 36.4 Å². The highest BCUT2D eigenvalue weighted by atomic mass is 32.1. The first-order chi connectivity index (χ1) is 11.6. The molecule has 1 amide bonds. The number of aliphatic carboxylic acids is 1. The number of benzene rings is 1. The van der Waals surface area contributed by atoms with Crippen LogP contribution in [0.1, 0.15) is 29.3 Å². The molecule has 0 aliphatic carbocycles. The van der Waals surface area contributed by atoms with Crippen molar-refractivity contribution in [1.82, 2.24) is 5.32 Å². The quantitative estimate of drug-likeness (QED) is 0.844. The van der Waals surface area contributed by atoms with Crippen molar-refractivity contribution >= 4 is 23.2 Å². The number of thiophene rings is 1. The van der Waals surface area contributed by atoms with Gasteiger partial charge in [-0.15, -0.1) is 11.3 Å². The molecule has 24 heavy (non-hydrogen) atoms. The van der Waals surface area contributed by atoms with Crippen LogP contribution in [0, 0.1) is 0 Å². The van der Waals surface area contributed by atoms with Gasteiger partial charge in [-0.05, 0) is 36.3 Å². The van der Waals surface area contributed by atoms with E-state index in [2.05, 4.69) is 5.32 Å². The van der Waals surface area contributed by atoms with Crippen molar-refractivity contribution in [2.45, 2.75) is 37.5 Å². The summed E-state index contributed by atoms with van der Waals surface area (Å²) < 4.78 is 5.34. The molecule has 1 aliphatic rings. The van der Waals surface area contributed by atoms with Crippen LogP contribution in [0.25, 0.3) is 0 Å². The molecular weight excluding hydrogens is 326 g/mol. The molecule has 5 nitrogen and oxygen atoms in total. The second-order valence-electron chi connectivity index (χ2n) is 5.80. The zero-order valence-electron chi connectivity index (χ0n) is 13.1. The van der Waals surface area contributed by atoms with Crippen LogP contribution in [0.5, 0.6) is 0 Å². The fourth-order valence-electron chi connectivity index (χ4n) is 2.84. The topological polar surface area (TPSA) is 75.6 Å². The van der Waals surface area contributed by atoms with Crippen LogP contribution >= 0.6 is 11.3 Å². The van der Waals surface area contributed by atoms with Crippen LogP contribution < -0.4 is 5.32 Å². The molecule has 2 aromatic rings. The normalized spacial score (nSPS) is 21.3. The summed E-state index contributed by atoms with van der Waals surface area (Å²) in [6, 6.07) is 13.8. The Balaban J connectivity index is 1.68. The fraction of sp³-hybridized carbons (Fsp3) is 0.333. The van der Waals surface area contributed by atoms with E-state index in [1.807, 2.05) is 47.8 Å². The summed E-state index contributed by atoms with van der Waals surface area (Å²) in [5.41, 5.74) is 1.13. The molecule has 1 fully saturated rings. The van der Waals surface area contributed by atoms with Crippen LogP contribution in [0.4, 0.5) is 0 Å². The smallest absolute Gasteiger partial charge is 0.332 e. The lowest BCUT2D eigenvalue weighted by Gasteiger charge is -2.20. The van der Waals surface area contributed by atoms with Gasteiger partial charge in [0.25, 0.3) is 0 Å². The SMILES string of the molecule is O=C(NC(Cc1ccccc1)c1cccs1)[C@@H]1CC[C@H](C(=O)O)O1. The van der Waals surface area contributed by atoms with Crippen molar-refractivity contribution in [3.63, 3.8) is 0 Å². The molecule has 3 rings (SSSR count). The van der Waals surface area contributed by atoms with E-state index in [-0.39, 0.29) is 11.9 Å². The molecule has 0 saturated carbocycles. The summed E-state index contributed by atoms with van der Waals surface area (Å²) in [6.07, 6.45) is -0.0807. The summed E-state index contributed by atoms with van der Waals surface area (Å²) in [6.45, 7) is 0. The molecule has 126 valence electrons. The number of hydrogen-bond acceptors (Lipinski definition) is 4. The molecule has 1 unspecified atom stereocenters. The maximum Gasteiger partial charge on any atom is 0.332 e. The van der Waals surface area contributed by atoms with Gasteiger partial charge in [0, 0.05) is 4.88 Å². The highest BCUT2D eigenvalue weighted by molar-refractivity contribution is 7.10. The van der Waals surface area contributed by atoms with Gasteiger partial charge in [-0.2, -0.15) is 0 Å². The van der Waals surface area contributed by atoms with E-state index in [9.17, 15) is 9.59 Å².